The summed E-state index contributed by atoms with van der Waals surface area (Å²) < 4.78 is 1.09. The molecule has 1 aromatic carbocycles. The van der Waals surface area contributed by atoms with Gasteiger partial charge in [0.2, 0.25) is 0 Å². The van der Waals surface area contributed by atoms with Crippen LogP contribution in [0.4, 0.5) is 0 Å². The third-order valence-electron chi connectivity index (χ3n) is 3.24. The van der Waals surface area contributed by atoms with Crippen molar-refractivity contribution in [2.75, 3.05) is 26.2 Å². The van der Waals surface area contributed by atoms with Crippen LogP contribution in [-0.4, -0.2) is 36.2 Å². The number of nitrogens with zero attached hydrogens (tertiary/aromatic N) is 1. The van der Waals surface area contributed by atoms with E-state index >= 15 is 0 Å². The van der Waals surface area contributed by atoms with Crippen molar-refractivity contribution in [1.82, 2.24) is 4.90 Å². The molecule has 1 aliphatic rings. The Labute approximate surface area is 105 Å². The van der Waals surface area contributed by atoms with E-state index in [0.717, 1.165) is 11.0 Å². The molecule has 3 heteroatoms. The number of halogens is 1. The van der Waals surface area contributed by atoms with Crippen molar-refractivity contribution in [3.8, 4) is 0 Å². The summed E-state index contributed by atoms with van der Waals surface area (Å²) in [7, 11) is 0. The maximum atomic E-state index is 9.47. The molecule has 2 rings (SSSR count). The normalized spacial score (nSPS) is 18.9. The molecule has 0 bridgehead atoms. The Bertz CT molecular complexity index is 319. The van der Waals surface area contributed by atoms with Gasteiger partial charge in [0.15, 0.2) is 0 Å². The molecule has 0 aromatic heterocycles. The molecule has 0 saturated carbocycles. The average molecular weight is 284 g/mol. The molecule has 1 heterocycles. The number of hydrogen-bond acceptors (Lipinski definition) is 2. The SMILES string of the molecule is OCC(CN1CCCC1)c1ccc(Br)cc1. The highest BCUT2D eigenvalue weighted by Gasteiger charge is 2.18. The number of aliphatic hydroxyl groups is 1. The zero-order valence-electron chi connectivity index (χ0n) is 9.40. The first-order chi connectivity index (χ1) is 7.79. The van der Waals surface area contributed by atoms with Gasteiger partial charge in [-0.15, -0.1) is 0 Å². The highest BCUT2D eigenvalue weighted by atomic mass is 79.9. The molecule has 1 atom stereocenters. The van der Waals surface area contributed by atoms with Crippen molar-refractivity contribution in [2.24, 2.45) is 0 Å². The molecule has 1 N–H and O–H groups in total. The molecule has 0 spiro atoms. The lowest BCUT2D eigenvalue weighted by Gasteiger charge is -2.22. The molecule has 1 aromatic rings. The van der Waals surface area contributed by atoms with Crippen LogP contribution in [0.5, 0.6) is 0 Å². The van der Waals surface area contributed by atoms with Crippen LogP contribution >= 0.6 is 15.9 Å². The smallest absolute Gasteiger partial charge is 0.0512 e. The lowest BCUT2D eigenvalue weighted by Crippen LogP contribution is -2.27. The number of hydrogen-bond donors (Lipinski definition) is 1. The van der Waals surface area contributed by atoms with Gasteiger partial charge in [0.25, 0.3) is 0 Å². The van der Waals surface area contributed by atoms with E-state index in [2.05, 4.69) is 33.0 Å². The Kier molecular flexibility index (Phi) is 4.38. The van der Waals surface area contributed by atoms with E-state index in [1.54, 1.807) is 0 Å². The van der Waals surface area contributed by atoms with Crippen LogP contribution < -0.4 is 0 Å². The van der Waals surface area contributed by atoms with Crippen LogP contribution in [0.2, 0.25) is 0 Å². The summed E-state index contributed by atoms with van der Waals surface area (Å²) in [5.74, 6) is 0.256. The third-order valence-corrected chi connectivity index (χ3v) is 3.77. The van der Waals surface area contributed by atoms with Crippen molar-refractivity contribution in [1.29, 1.82) is 0 Å². The number of benzene rings is 1. The van der Waals surface area contributed by atoms with Crippen molar-refractivity contribution < 1.29 is 5.11 Å². The summed E-state index contributed by atoms with van der Waals surface area (Å²) in [5, 5.41) is 9.47. The van der Waals surface area contributed by atoms with Crippen LogP contribution in [0.15, 0.2) is 28.7 Å². The van der Waals surface area contributed by atoms with Gasteiger partial charge in [0.1, 0.15) is 0 Å². The largest absolute Gasteiger partial charge is 0.396 e. The third kappa shape index (κ3) is 3.06. The number of rotatable bonds is 4. The maximum Gasteiger partial charge on any atom is 0.0512 e. The van der Waals surface area contributed by atoms with Gasteiger partial charge < -0.3 is 10.0 Å². The quantitative estimate of drug-likeness (QED) is 0.918. The van der Waals surface area contributed by atoms with Crippen molar-refractivity contribution >= 4 is 15.9 Å². The molecule has 0 radical (unpaired) electrons. The fourth-order valence-electron chi connectivity index (χ4n) is 2.28. The fourth-order valence-corrected chi connectivity index (χ4v) is 2.54. The highest BCUT2D eigenvalue weighted by molar-refractivity contribution is 9.10. The Morgan fingerprint density at radius 2 is 1.81 bits per heavy atom. The minimum Gasteiger partial charge on any atom is -0.396 e. The molecule has 1 fully saturated rings. The maximum absolute atomic E-state index is 9.47. The Balaban J connectivity index is 2.00. The van der Waals surface area contributed by atoms with Gasteiger partial charge >= 0.3 is 0 Å². The van der Waals surface area contributed by atoms with Crippen molar-refractivity contribution in [3.05, 3.63) is 34.3 Å². The van der Waals surface area contributed by atoms with Crippen LogP contribution in [0.25, 0.3) is 0 Å². The Morgan fingerprint density at radius 3 is 2.38 bits per heavy atom. The van der Waals surface area contributed by atoms with Gasteiger partial charge in [-0.25, -0.2) is 0 Å². The Hall–Kier alpha value is -0.380. The summed E-state index contributed by atoms with van der Waals surface area (Å²) in [6.07, 6.45) is 2.61. The molecule has 0 amide bonds. The molecule has 1 unspecified atom stereocenters. The van der Waals surface area contributed by atoms with Gasteiger partial charge in [-0.2, -0.15) is 0 Å². The zero-order valence-corrected chi connectivity index (χ0v) is 11.0. The van der Waals surface area contributed by atoms with E-state index in [0.29, 0.717) is 0 Å². The first kappa shape index (κ1) is 12.1. The summed E-state index contributed by atoms with van der Waals surface area (Å²) >= 11 is 3.43. The van der Waals surface area contributed by atoms with Crippen molar-refractivity contribution in [3.63, 3.8) is 0 Å². The standard InChI is InChI=1S/C13H18BrNO/c14-13-5-3-11(4-6-13)12(10-16)9-15-7-1-2-8-15/h3-6,12,16H,1-2,7-10H2. The fraction of sp³-hybridized carbons (Fsp3) is 0.538. The predicted octanol–water partition coefficient (Wildman–Crippen LogP) is 2.62. The van der Waals surface area contributed by atoms with Gasteiger partial charge in [-0.3, -0.25) is 0 Å². The molecular formula is C13H18BrNO. The molecule has 2 nitrogen and oxygen atoms in total. The van der Waals surface area contributed by atoms with E-state index < -0.39 is 0 Å². The molecule has 88 valence electrons. The second kappa shape index (κ2) is 5.80. The summed E-state index contributed by atoms with van der Waals surface area (Å²) in [4.78, 5) is 2.45. The summed E-state index contributed by atoms with van der Waals surface area (Å²) in [5.41, 5.74) is 1.23. The first-order valence-corrected chi connectivity index (χ1v) is 6.67. The number of aliphatic hydroxyl groups excluding tert-OH is 1. The van der Waals surface area contributed by atoms with E-state index in [1.165, 1.54) is 31.5 Å². The molecule has 0 aliphatic carbocycles. The number of likely N-dealkylation sites (tertiary alicyclic amines) is 1. The van der Waals surface area contributed by atoms with Gasteiger partial charge in [0.05, 0.1) is 6.61 Å². The van der Waals surface area contributed by atoms with Crippen LogP contribution in [-0.2, 0) is 0 Å². The van der Waals surface area contributed by atoms with Crippen LogP contribution in [0, 0.1) is 0 Å². The zero-order chi connectivity index (χ0) is 11.4. The minimum absolute atomic E-state index is 0.234. The van der Waals surface area contributed by atoms with E-state index in [4.69, 9.17) is 0 Å². The highest BCUT2D eigenvalue weighted by Crippen LogP contribution is 2.21. The molecular weight excluding hydrogens is 266 g/mol. The lowest BCUT2D eigenvalue weighted by molar-refractivity contribution is 0.220. The molecule has 16 heavy (non-hydrogen) atoms. The minimum atomic E-state index is 0.234. The van der Waals surface area contributed by atoms with E-state index in [1.807, 2.05) is 12.1 Å². The van der Waals surface area contributed by atoms with Crippen LogP contribution in [0.3, 0.4) is 0 Å². The lowest BCUT2D eigenvalue weighted by atomic mass is 10.00. The Morgan fingerprint density at radius 1 is 1.19 bits per heavy atom. The van der Waals surface area contributed by atoms with Crippen molar-refractivity contribution in [2.45, 2.75) is 18.8 Å². The second-order valence-corrected chi connectivity index (χ2v) is 5.35. The summed E-state index contributed by atoms with van der Waals surface area (Å²) in [6.45, 7) is 3.59. The predicted molar refractivity (Wildman–Crippen MR) is 69.6 cm³/mol. The molecule has 1 aliphatic heterocycles. The average Bonchev–Trinajstić information content (AvgIpc) is 2.80. The topological polar surface area (TPSA) is 23.5 Å². The van der Waals surface area contributed by atoms with Gasteiger partial charge in [-0.1, -0.05) is 28.1 Å². The summed E-state index contributed by atoms with van der Waals surface area (Å²) in [6, 6.07) is 8.28. The monoisotopic (exact) mass is 283 g/mol. The molecule has 1 saturated heterocycles. The van der Waals surface area contributed by atoms with E-state index in [9.17, 15) is 5.11 Å². The van der Waals surface area contributed by atoms with Gasteiger partial charge in [-0.05, 0) is 43.6 Å². The van der Waals surface area contributed by atoms with Crippen LogP contribution in [0.1, 0.15) is 24.3 Å². The van der Waals surface area contributed by atoms with Gasteiger partial charge in [0, 0.05) is 16.9 Å². The first-order valence-electron chi connectivity index (χ1n) is 5.88. The second-order valence-electron chi connectivity index (χ2n) is 4.44. The van der Waals surface area contributed by atoms with E-state index in [-0.39, 0.29) is 12.5 Å².